The molecule has 0 radical (unpaired) electrons. The SMILES string of the molecule is CO[C@H]1CN(C(=O)Cc2ccccn2)CC[C@@H]1Cc1ccccc1F. The number of nitrogens with zero attached hydrogens (tertiary/aromatic N) is 2. The highest BCUT2D eigenvalue weighted by Crippen LogP contribution is 2.25. The lowest BCUT2D eigenvalue weighted by Gasteiger charge is -2.38. The van der Waals surface area contributed by atoms with Crippen LogP contribution in [0, 0.1) is 11.7 Å². The van der Waals surface area contributed by atoms with E-state index in [4.69, 9.17) is 4.74 Å². The van der Waals surface area contributed by atoms with E-state index in [1.807, 2.05) is 35.2 Å². The van der Waals surface area contributed by atoms with Gasteiger partial charge in [-0.2, -0.15) is 0 Å². The van der Waals surface area contributed by atoms with Gasteiger partial charge in [-0.1, -0.05) is 24.3 Å². The Hall–Kier alpha value is -2.27. The number of ether oxygens (including phenoxy) is 1. The van der Waals surface area contributed by atoms with Crippen LogP contribution in [0.1, 0.15) is 17.7 Å². The zero-order valence-electron chi connectivity index (χ0n) is 14.4. The molecule has 0 saturated carbocycles. The standard InChI is InChI=1S/C20H23FN2O2/c1-25-19-14-23(20(24)13-17-7-4-5-10-22-17)11-9-16(19)12-15-6-2-3-8-18(15)21/h2-8,10,16,19H,9,11-14H2,1H3/t16-,19+/m1/s1. The van der Waals surface area contributed by atoms with Crippen molar-refractivity contribution in [3.05, 3.63) is 65.7 Å². The van der Waals surface area contributed by atoms with Crippen LogP contribution in [0.25, 0.3) is 0 Å². The lowest BCUT2D eigenvalue weighted by molar-refractivity contribution is -0.135. The summed E-state index contributed by atoms with van der Waals surface area (Å²) in [6, 6.07) is 12.4. The Labute approximate surface area is 147 Å². The Morgan fingerprint density at radius 2 is 2.08 bits per heavy atom. The number of benzene rings is 1. The van der Waals surface area contributed by atoms with Gasteiger partial charge in [-0.15, -0.1) is 0 Å². The zero-order chi connectivity index (χ0) is 17.6. The van der Waals surface area contributed by atoms with Gasteiger partial charge in [0.25, 0.3) is 0 Å². The minimum atomic E-state index is -0.175. The first-order valence-electron chi connectivity index (χ1n) is 8.61. The Bertz CT molecular complexity index is 708. The van der Waals surface area contributed by atoms with Crippen molar-refractivity contribution in [2.75, 3.05) is 20.2 Å². The number of likely N-dealkylation sites (tertiary alicyclic amines) is 1. The van der Waals surface area contributed by atoms with Crippen LogP contribution in [-0.4, -0.2) is 42.1 Å². The highest BCUT2D eigenvalue weighted by molar-refractivity contribution is 5.78. The maximum absolute atomic E-state index is 13.9. The van der Waals surface area contributed by atoms with E-state index in [0.29, 0.717) is 31.5 Å². The number of halogens is 1. The second-order valence-corrected chi connectivity index (χ2v) is 6.46. The van der Waals surface area contributed by atoms with Crippen molar-refractivity contribution in [1.82, 2.24) is 9.88 Å². The monoisotopic (exact) mass is 342 g/mol. The molecule has 4 nitrogen and oxygen atoms in total. The van der Waals surface area contributed by atoms with Gasteiger partial charge in [0.1, 0.15) is 5.82 Å². The van der Waals surface area contributed by atoms with Crippen LogP contribution in [0.4, 0.5) is 4.39 Å². The molecule has 0 aliphatic carbocycles. The molecule has 2 aromatic rings. The zero-order valence-corrected chi connectivity index (χ0v) is 14.4. The lowest BCUT2D eigenvalue weighted by atomic mass is 9.87. The first-order chi connectivity index (χ1) is 12.2. The predicted octanol–water partition coefficient (Wildman–Crippen LogP) is 2.87. The molecule has 132 valence electrons. The molecule has 0 bridgehead atoms. The molecule has 1 aliphatic heterocycles. The van der Waals surface area contributed by atoms with Crippen LogP contribution in [0.3, 0.4) is 0 Å². The third kappa shape index (κ3) is 4.42. The van der Waals surface area contributed by atoms with Gasteiger partial charge in [-0.25, -0.2) is 4.39 Å². The van der Waals surface area contributed by atoms with Crippen molar-refractivity contribution in [1.29, 1.82) is 0 Å². The molecule has 1 aliphatic rings. The van der Waals surface area contributed by atoms with Gasteiger partial charge in [-0.05, 0) is 42.5 Å². The summed E-state index contributed by atoms with van der Waals surface area (Å²) < 4.78 is 19.5. The third-order valence-electron chi connectivity index (χ3n) is 4.85. The summed E-state index contributed by atoms with van der Waals surface area (Å²) in [5.41, 5.74) is 1.48. The number of hydrogen-bond donors (Lipinski definition) is 0. The molecule has 2 atom stereocenters. The second-order valence-electron chi connectivity index (χ2n) is 6.46. The van der Waals surface area contributed by atoms with Crippen LogP contribution < -0.4 is 0 Å². The maximum atomic E-state index is 13.9. The first-order valence-corrected chi connectivity index (χ1v) is 8.61. The number of methoxy groups -OCH3 is 1. The van der Waals surface area contributed by atoms with Gasteiger partial charge in [0.05, 0.1) is 12.5 Å². The minimum Gasteiger partial charge on any atom is -0.379 e. The number of hydrogen-bond acceptors (Lipinski definition) is 3. The Kier molecular flexibility index (Phi) is 5.76. The van der Waals surface area contributed by atoms with Crippen LogP contribution in [0.5, 0.6) is 0 Å². The summed E-state index contributed by atoms with van der Waals surface area (Å²) in [6.45, 7) is 1.21. The molecular formula is C20H23FN2O2. The van der Waals surface area contributed by atoms with E-state index in [1.54, 1.807) is 19.4 Å². The van der Waals surface area contributed by atoms with Crippen LogP contribution >= 0.6 is 0 Å². The largest absolute Gasteiger partial charge is 0.379 e. The summed E-state index contributed by atoms with van der Waals surface area (Å²) in [7, 11) is 1.66. The van der Waals surface area contributed by atoms with Crippen molar-refractivity contribution in [3.63, 3.8) is 0 Å². The van der Waals surface area contributed by atoms with E-state index < -0.39 is 0 Å². The number of amides is 1. The second kappa shape index (κ2) is 8.21. The molecule has 1 fully saturated rings. The molecule has 0 unspecified atom stereocenters. The molecule has 1 amide bonds. The van der Waals surface area contributed by atoms with E-state index >= 15 is 0 Å². The summed E-state index contributed by atoms with van der Waals surface area (Å²) >= 11 is 0. The Balaban J connectivity index is 1.61. The van der Waals surface area contributed by atoms with Crippen molar-refractivity contribution in [2.45, 2.75) is 25.4 Å². The van der Waals surface area contributed by atoms with Crippen molar-refractivity contribution < 1.29 is 13.9 Å². The number of pyridine rings is 1. The average Bonchev–Trinajstić information content (AvgIpc) is 2.64. The molecule has 1 aromatic heterocycles. The quantitative estimate of drug-likeness (QED) is 0.839. The molecule has 1 aromatic carbocycles. The van der Waals surface area contributed by atoms with Crippen LogP contribution in [-0.2, 0) is 22.4 Å². The molecule has 1 saturated heterocycles. The molecule has 0 spiro atoms. The molecule has 3 rings (SSSR count). The fraction of sp³-hybridized carbons (Fsp3) is 0.400. The topological polar surface area (TPSA) is 42.4 Å². The summed E-state index contributed by atoms with van der Waals surface area (Å²) in [6.07, 6.45) is 3.35. The van der Waals surface area contributed by atoms with Gasteiger partial charge >= 0.3 is 0 Å². The van der Waals surface area contributed by atoms with E-state index in [1.165, 1.54) is 6.07 Å². The Morgan fingerprint density at radius 1 is 1.28 bits per heavy atom. The summed E-state index contributed by atoms with van der Waals surface area (Å²) in [5.74, 6) is 0.0944. The predicted molar refractivity (Wildman–Crippen MR) is 93.5 cm³/mol. The number of carbonyl (C=O) groups is 1. The van der Waals surface area contributed by atoms with Gasteiger partial charge in [-0.3, -0.25) is 9.78 Å². The van der Waals surface area contributed by atoms with E-state index in [9.17, 15) is 9.18 Å². The van der Waals surface area contributed by atoms with Crippen molar-refractivity contribution in [2.24, 2.45) is 5.92 Å². The highest BCUT2D eigenvalue weighted by atomic mass is 19.1. The third-order valence-corrected chi connectivity index (χ3v) is 4.85. The summed E-state index contributed by atoms with van der Waals surface area (Å²) in [5, 5.41) is 0. The normalized spacial score (nSPS) is 20.5. The molecule has 5 heteroatoms. The van der Waals surface area contributed by atoms with Gasteiger partial charge in [0, 0.05) is 32.1 Å². The maximum Gasteiger partial charge on any atom is 0.228 e. The number of aromatic nitrogens is 1. The molecule has 0 N–H and O–H groups in total. The lowest BCUT2D eigenvalue weighted by Crippen LogP contribution is -2.48. The van der Waals surface area contributed by atoms with Crippen molar-refractivity contribution >= 4 is 5.91 Å². The van der Waals surface area contributed by atoms with E-state index in [2.05, 4.69) is 4.98 Å². The van der Waals surface area contributed by atoms with Crippen LogP contribution in [0.2, 0.25) is 0 Å². The van der Waals surface area contributed by atoms with E-state index in [0.717, 1.165) is 12.1 Å². The van der Waals surface area contributed by atoms with Gasteiger partial charge in [0.2, 0.25) is 5.91 Å². The molecular weight excluding hydrogens is 319 g/mol. The smallest absolute Gasteiger partial charge is 0.228 e. The number of rotatable bonds is 5. The number of piperidine rings is 1. The fourth-order valence-corrected chi connectivity index (χ4v) is 3.41. The first kappa shape index (κ1) is 17.5. The fourth-order valence-electron chi connectivity index (χ4n) is 3.41. The summed E-state index contributed by atoms with van der Waals surface area (Å²) in [4.78, 5) is 18.6. The van der Waals surface area contributed by atoms with Crippen LogP contribution in [0.15, 0.2) is 48.7 Å². The molecule has 25 heavy (non-hydrogen) atoms. The Morgan fingerprint density at radius 3 is 2.80 bits per heavy atom. The van der Waals surface area contributed by atoms with Gasteiger partial charge in [0.15, 0.2) is 0 Å². The molecule has 2 heterocycles. The average molecular weight is 342 g/mol. The minimum absolute atomic E-state index is 0.0603. The highest BCUT2D eigenvalue weighted by Gasteiger charge is 2.32. The number of carbonyl (C=O) groups excluding carboxylic acids is 1. The van der Waals surface area contributed by atoms with Crippen molar-refractivity contribution in [3.8, 4) is 0 Å². The van der Waals surface area contributed by atoms with E-state index in [-0.39, 0.29) is 23.7 Å². The van der Waals surface area contributed by atoms with Gasteiger partial charge < -0.3 is 9.64 Å².